The van der Waals surface area contributed by atoms with Crippen LogP contribution in [0.2, 0.25) is 0 Å². The fourth-order valence-electron chi connectivity index (χ4n) is 1.74. The molecule has 1 heterocycles. The van der Waals surface area contributed by atoms with Crippen molar-refractivity contribution in [1.82, 2.24) is 0 Å². The standard InChI is InChI=1S/C12H15FO3/c1-7(2)8-6-9(14-3)11-12(10(8)13)16-5-4-15-11/h6-7H,4-5H2,1-3H3. The van der Waals surface area contributed by atoms with Crippen molar-refractivity contribution in [2.75, 3.05) is 20.3 Å². The lowest BCUT2D eigenvalue weighted by Gasteiger charge is -2.23. The molecular weight excluding hydrogens is 211 g/mol. The van der Waals surface area contributed by atoms with Crippen molar-refractivity contribution in [2.24, 2.45) is 0 Å². The van der Waals surface area contributed by atoms with Crippen molar-refractivity contribution >= 4 is 0 Å². The van der Waals surface area contributed by atoms with Gasteiger partial charge in [-0.25, -0.2) is 4.39 Å². The Bertz CT molecular complexity index is 402. The zero-order chi connectivity index (χ0) is 11.7. The number of ether oxygens (including phenoxy) is 3. The number of hydrogen-bond acceptors (Lipinski definition) is 3. The molecule has 1 aliphatic heterocycles. The second-order valence-corrected chi connectivity index (χ2v) is 3.99. The Morgan fingerprint density at radius 1 is 1.25 bits per heavy atom. The molecule has 0 aliphatic carbocycles. The van der Waals surface area contributed by atoms with Gasteiger partial charge in [0.15, 0.2) is 11.6 Å². The van der Waals surface area contributed by atoms with Crippen molar-refractivity contribution < 1.29 is 18.6 Å². The van der Waals surface area contributed by atoms with Crippen LogP contribution >= 0.6 is 0 Å². The number of benzene rings is 1. The molecule has 1 aromatic rings. The zero-order valence-electron chi connectivity index (χ0n) is 9.67. The molecule has 0 fully saturated rings. The van der Waals surface area contributed by atoms with Crippen molar-refractivity contribution in [1.29, 1.82) is 0 Å². The van der Waals surface area contributed by atoms with Gasteiger partial charge in [-0.3, -0.25) is 0 Å². The highest BCUT2D eigenvalue weighted by atomic mass is 19.1. The summed E-state index contributed by atoms with van der Waals surface area (Å²) in [6.07, 6.45) is 0. The second-order valence-electron chi connectivity index (χ2n) is 3.99. The summed E-state index contributed by atoms with van der Waals surface area (Å²) in [6, 6.07) is 1.67. The van der Waals surface area contributed by atoms with Gasteiger partial charge in [-0.1, -0.05) is 13.8 Å². The zero-order valence-corrected chi connectivity index (χ0v) is 9.67. The topological polar surface area (TPSA) is 27.7 Å². The van der Waals surface area contributed by atoms with Gasteiger partial charge in [0, 0.05) is 0 Å². The maximum atomic E-state index is 14.1. The number of halogens is 1. The third kappa shape index (κ3) is 1.68. The minimum Gasteiger partial charge on any atom is -0.493 e. The number of methoxy groups -OCH3 is 1. The SMILES string of the molecule is COc1cc(C(C)C)c(F)c2c1OCCO2. The van der Waals surface area contributed by atoms with Crippen LogP contribution in [0.3, 0.4) is 0 Å². The summed E-state index contributed by atoms with van der Waals surface area (Å²) in [5.74, 6) is 0.806. The molecular formula is C12H15FO3. The van der Waals surface area contributed by atoms with Gasteiger partial charge >= 0.3 is 0 Å². The summed E-state index contributed by atoms with van der Waals surface area (Å²) in [4.78, 5) is 0. The van der Waals surface area contributed by atoms with E-state index in [9.17, 15) is 4.39 Å². The van der Waals surface area contributed by atoms with Crippen LogP contribution in [0.25, 0.3) is 0 Å². The van der Waals surface area contributed by atoms with Crippen LogP contribution in [-0.2, 0) is 0 Å². The normalized spacial score (nSPS) is 14.1. The molecule has 0 atom stereocenters. The maximum absolute atomic E-state index is 14.1. The van der Waals surface area contributed by atoms with E-state index in [4.69, 9.17) is 14.2 Å². The Morgan fingerprint density at radius 2 is 1.88 bits per heavy atom. The van der Waals surface area contributed by atoms with Gasteiger partial charge in [-0.15, -0.1) is 0 Å². The average Bonchev–Trinajstić information content (AvgIpc) is 2.29. The first kappa shape index (κ1) is 11.0. The van der Waals surface area contributed by atoms with Crippen molar-refractivity contribution in [3.63, 3.8) is 0 Å². The molecule has 0 saturated heterocycles. The third-order valence-electron chi connectivity index (χ3n) is 2.59. The molecule has 1 aliphatic rings. The Morgan fingerprint density at radius 3 is 2.44 bits per heavy atom. The van der Waals surface area contributed by atoms with E-state index < -0.39 is 0 Å². The van der Waals surface area contributed by atoms with E-state index in [1.165, 1.54) is 7.11 Å². The summed E-state index contributed by atoms with van der Waals surface area (Å²) in [5.41, 5.74) is 0.584. The summed E-state index contributed by atoms with van der Waals surface area (Å²) >= 11 is 0. The first-order chi connectivity index (χ1) is 7.65. The quantitative estimate of drug-likeness (QED) is 0.776. The van der Waals surface area contributed by atoms with E-state index >= 15 is 0 Å². The molecule has 0 saturated carbocycles. The van der Waals surface area contributed by atoms with Crippen LogP contribution in [0.15, 0.2) is 6.07 Å². The third-order valence-corrected chi connectivity index (χ3v) is 2.59. The molecule has 0 N–H and O–H groups in total. The van der Waals surface area contributed by atoms with Crippen molar-refractivity contribution in [3.8, 4) is 17.2 Å². The van der Waals surface area contributed by atoms with E-state index in [0.717, 1.165) is 0 Å². The summed E-state index contributed by atoms with van der Waals surface area (Å²) in [6.45, 7) is 4.64. The molecule has 0 unspecified atom stereocenters. The van der Waals surface area contributed by atoms with Gasteiger partial charge in [0.25, 0.3) is 0 Å². The summed E-state index contributed by atoms with van der Waals surface area (Å²) in [7, 11) is 1.54. The highest BCUT2D eigenvalue weighted by Gasteiger charge is 2.25. The molecule has 0 amide bonds. The molecule has 16 heavy (non-hydrogen) atoms. The highest BCUT2D eigenvalue weighted by molar-refractivity contribution is 5.56. The molecule has 1 aromatic carbocycles. The smallest absolute Gasteiger partial charge is 0.206 e. The van der Waals surface area contributed by atoms with E-state index in [1.54, 1.807) is 6.07 Å². The average molecular weight is 226 g/mol. The van der Waals surface area contributed by atoms with Crippen LogP contribution in [0, 0.1) is 5.82 Å². The van der Waals surface area contributed by atoms with Crippen LogP contribution in [-0.4, -0.2) is 20.3 Å². The Hall–Kier alpha value is -1.45. The van der Waals surface area contributed by atoms with E-state index in [2.05, 4.69) is 0 Å². The lowest BCUT2D eigenvalue weighted by molar-refractivity contribution is 0.157. The Kier molecular flexibility index (Phi) is 2.90. The first-order valence-electron chi connectivity index (χ1n) is 5.31. The van der Waals surface area contributed by atoms with E-state index in [-0.39, 0.29) is 17.5 Å². The van der Waals surface area contributed by atoms with Gasteiger partial charge in [-0.05, 0) is 17.5 Å². The van der Waals surface area contributed by atoms with Crippen LogP contribution in [0.4, 0.5) is 4.39 Å². The fourth-order valence-corrected chi connectivity index (χ4v) is 1.74. The van der Waals surface area contributed by atoms with Gasteiger partial charge in [0.1, 0.15) is 13.2 Å². The lowest BCUT2D eigenvalue weighted by Crippen LogP contribution is -2.18. The Labute approximate surface area is 94.1 Å². The van der Waals surface area contributed by atoms with Gasteiger partial charge < -0.3 is 14.2 Å². The molecule has 0 bridgehead atoms. The molecule has 2 rings (SSSR count). The van der Waals surface area contributed by atoms with Crippen LogP contribution < -0.4 is 14.2 Å². The summed E-state index contributed by atoms with van der Waals surface area (Å²) in [5, 5.41) is 0. The Balaban J connectivity index is 2.60. The minimum atomic E-state index is -0.342. The van der Waals surface area contributed by atoms with Crippen molar-refractivity contribution in [2.45, 2.75) is 19.8 Å². The predicted octanol–water partition coefficient (Wildman–Crippen LogP) is 2.73. The minimum absolute atomic E-state index is 0.0738. The predicted molar refractivity (Wildman–Crippen MR) is 58.0 cm³/mol. The van der Waals surface area contributed by atoms with Gasteiger partial charge in [-0.2, -0.15) is 0 Å². The second kappa shape index (κ2) is 4.20. The highest BCUT2D eigenvalue weighted by Crippen LogP contribution is 2.44. The first-order valence-corrected chi connectivity index (χ1v) is 5.31. The monoisotopic (exact) mass is 226 g/mol. The molecule has 88 valence electrons. The summed E-state index contributed by atoms with van der Waals surface area (Å²) < 4.78 is 29.9. The maximum Gasteiger partial charge on any atom is 0.206 e. The lowest BCUT2D eigenvalue weighted by atomic mass is 10.0. The van der Waals surface area contributed by atoms with E-state index in [0.29, 0.717) is 30.3 Å². The van der Waals surface area contributed by atoms with E-state index in [1.807, 2.05) is 13.8 Å². The molecule has 3 nitrogen and oxygen atoms in total. The number of fused-ring (bicyclic) bond motifs is 1. The largest absolute Gasteiger partial charge is 0.493 e. The fraction of sp³-hybridized carbons (Fsp3) is 0.500. The van der Waals surface area contributed by atoms with Crippen LogP contribution in [0.1, 0.15) is 25.3 Å². The number of hydrogen-bond donors (Lipinski definition) is 0. The molecule has 4 heteroatoms. The molecule has 0 spiro atoms. The van der Waals surface area contributed by atoms with Crippen molar-refractivity contribution in [3.05, 3.63) is 17.4 Å². The van der Waals surface area contributed by atoms with Crippen LogP contribution in [0.5, 0.6) is 17.2 Å². The number of rotatable bonds is 2. The van der Waals surface area contributed by atoms with Gasteiger partial charge in [0.2, 0.25) is 11.5 Å². The molecule has 0 aromatic heterocycles. The van der Waals surface area contributed by atoms with Gasteiger partial charge in [0.05, 0.1) is 7.11 Å². The molecule has 0 radical (unpaired) electrons.